The van der Waals surface area contributed by atoms with E-state index >= 15 is 0 Å². The quantitative estimate of drug-likeness (QED) is 0.458. The van der Waals surface area contributed by atoms with Gasteiger partial charge in [-0.3, -0.25) is 0 Å². The average molecular weight is 454 g/mol. The molecule has 10 heteroatoms. The second kappa shape index (κ2) is 8.26. The molecule has 1 aliphatic carbocycles. The van der Waals surface area contributed by atoms with E-state index in [1.807, 2.05) is 37.4 Å². The van der Waals surface area contributed by atoms with Gasteiger partial charge in [0.25, 0.3) is 0 Å². The molecule has 5 rings (SSSR count). The van der Waals surface area contributed by atoms with Gasteiger partial charge in [0, 0.05) is 17.8 Å². The molecule has 1 atom stereocenters. The Labute approximate surface area is 190 Å². The number of rotatable bonds is 6. The number of halogens is 1. The van der Waals surface area contributed by atoms with Crippen molar-refractivity contribution in [2.24, 2.45) is 0 Å². The molecular formula is C23H28FN7O2. The van der Waals surface area contributed by atoms with E-state index in [1.165, 1.54) is 0 Å². The molecule has 33 heavy (non-hydrogen) atoms. The molecule has 1 saturated carbocycles. The van der Waals surface area contributed by atoms with Crippen molar-refractivity contribution in [2.75, 3.05) is 19.1 Å². The summed E-state index contributed by atoms with van der Waals surface area (Å²) < 4.78 is 22.3. The normalized spacial score (nSPS) is 22.0. The van der Waals surface area contributed by atoms with Crippen LogP contribution in [0.5, 0.6) is 5.88 Å². The van der Waals surface area contributed by atoms with Crippen molar-refractivity contribution in [3.05, 3.63) is 30.5 Å². The van der Waals surface area contributed by atoms with Gasteiger partial charge >= 0.3 is 0 Å². The molecule has 0 aliphatic heterocycles. The number of aliphatic hydroxyl groups is 1. The van der Waals surface area contributed by atoms with Gasteiger partial charge < -0.3 is 15.2 Å². The van der Waals surface area contributed by atoms with Crippen LogP contribution < -0.4 is 10.1 Å². The second-order valence-electron chi connectivity index (χ2n) is 9.12. The lowest BCUT2D eigenvalue weighted by Gasteiger charge is -2.33. The van der Waals surface area contributed by atoms with Gasteiger partial charge in [0.15, 0.2) is 0 Å². The number of hydrogen-bond acceptors (Lipinski definition) is 7. The lowest BCUT2D eigenvalue weighted by molar-refractivity contribution is 0.0195. The van der Waals surface area contributed by atoms with Crippen LogP contribution in [-0.4, -0.2) is 60.1 Å². The Morgan fingerprint density at radius 1 is 1.30 bits per heavy atom. The van der Waals surface area contributed by atoms with Gasteiger partial charge in [0.05, 0.1) is 24.3 Å². The summed E-state index contributed by atoms with van der Waals surface area (Å²) in [4.78, 5) is 4.61. The third kappa shape index (κ3) is 3.99. The highest BCUT2D eigenvalue weighted by Crippen LogP contribution is 2.34. The molecule has 0 radical (unpaired) electrons. The summed E-state index contributed by atoms with van der Waals surface area (Å²) >= 11 is 0. The van der Waals surface area contributed by atoms with Crippen molar-refractivity contribution in [1.29, 1.82) is 0 Å². The zero-order valence-electron chi connectivity index (χ0n) is 19.0. The van der Waals surface area contributed by atoms with Crippen molar-refractivity contribution in [3.8, 4) is 17.0 Å². The van der Waals surface area contributed by atoms with Crippen LogP contribution in [0.4, 0.5) is 10.3 Å². The SMILES string of the molecule is COc1nc(NC2CCC(C)(O)CC2)nn2ccc(-c3ccc4nnn([C@H](C)CF)c4c3)c12. The highest BCUT2D eigenvalue weighted by Gasteiger charge is 2.29. The minimum atomic E-state index is -0.593. The van der Waals surface area contributed by atoms with Gasteiger partial charge in [-0.05, 0) is 63.3 Å². The molecule has 3 aromatic heterocycles. The molecular weight excluding hydrogens is 425 g/mol. The van der Waals surface area contributed by atoms with Crippen LogP contribution >= 0.6 is 0 Å². The van der Waals surface area contributed by atoms with Crippen LogP contribution in [0.3, 0.4) is 0 Å². The molecule has 0 bridgehead atoms. The van der Waals surface area contributed by atoms with Gasteiger partial charge in [0.2, 0.25) is 11.8 Å². The Balaban J connectivity index is 1.50. The molecule has 3 heterocycles. The van der Waals surface area contributed by atoms with E-state index in [-0.39, 0.29) is 6.04 Å². The van der Waals surface area contributed by atoms with Crippen molar-refractivity contribution in [2.45, 2.75) is 57.2 Å². The smallest absolute Gasteiger partial charge is 0.244 e. The molecule has 174 valence electrons. The van der Waals surface area contributed by atoms with E-state index in [1.54, 1.807) is 23.2 Å². The molecule has 0 spiro atoms. The van der Waals surface area contributed by atoms with E-state index in [2.05, 4.69) is 25.7 Å². The van der Waals surface area contributed by atoms with Crippen LogP contribution in [0.15, 0.2) is 30.5 Å². The van der Waals surface area contributed by atoms with Crippen LogP contribution in [0.2, 0.25) is 0 Å². The van der Waals surface area contributed by atoms with Crippen LogP contribution in [-0.2, 0) is 0 Å². The fraction of sp³-hybridized carbons (Fsp3) is 0.478. The number of methoxy groups -OCH3 is 1. The van der Waals surface area contributed by atoms with E-state index in [4.69, 9.17) is 4.74 Å². The summed E-state index contributed by atoms with van der Waals surface area (Å²) in [6.07, 6.45) is 5.06. The largest absolute Gasteiger partial charge is 0.479 e. The van der Waals surface area contributed by atoms with Crippen molar-refractivity contribution in [3.63, 3.8) is 0 Å². The molecule has 0 saturated heterocycles. The highest BCUT2D eigenvalue weighted by molar-refractivity contribution is 5.89. The molecule has 0 amide bonds. The Morgan fingerprint density at radius 2 is 2.09 bits per heavy atom. The van der Waals surface area contributed by atoms with Crippen LogP contribution in [0.1, 0.15) is 45.6 Å². The van der Waals surface area contributed by atoms with Crippen molar-refractivity contribution in [1.82, 2.24) is 29.6 Å². The molecule has 0 unspecified atom stereocenters. The summed E-state index contributed by atoms with van der Waals surface area (Å²) in [5.41, 5.74) is 3.44. The predicted octanol–water partition coefficient (Wildman–Crippen LogP) is 3.79. The highest BCUT2D eigenvalue weighted by atomic mass is 19.1. The third-order valence-corrected chi connectivity index (χ3v) is 6.49. The first kappa shape index (κ1) is 21.6. The zero-order valence-corrected chi connectivity index (χ0v) is 19.0. The number of nitrogens with one attached hydrogen (secondary N) is 1. The standard InChI is InChI=1S/C23H28FN7O2/c1-14(13-24)31-19-12-15(4-5-18(19)27-29-31)17-8-11-30-20(17)21(33-3)26-22(28-30)25-16-6-9-23(2,32)10-7-16/h4-5,8,11-12,14,16,32H,6-7,9-10,13H2,1-3H3,(H,25,28)/t14-,16?,23?/m1/s1. The zero-order chi connectivity index (χ0) is 23.2. The van der Waals surface area contributed by atoms with Crippen molar-refractivity contribution < 1.29 is 14.2 Å². The number of hydrogen-bond donors (Lipinski definition) is 2. The van der Waals surface area contributed by atoms with Crippen molar-refractivity contribution >= 4 is 22.5 Å². The summed E-state index contributed by atoms with van der Waals surface area (Å²) in [7, 11) is 1.59. The van der Waals surface area contributed by atoms with Gasteiger partial charge in [0.1, 0.15) is 17.7 Å². The van der Waals surface area contributed by atoms with Crippen LogP contribution in [0, 0.1) is 0 Å². The maximum absolute atomic E-state index is 13.3. The number of benzene rings is 1. The molecule has 9 nitrogen and oxygen atoms in total. The summed E-state index contributed by atoms with van der Waals surface area (Å²) in [5, 5.41) is 26.5. The second-order valence-corrected chi connectivity index (χ2v) is 9.12. The summed E-state index contributed by atoms with van der Waals surface area (Å²) in [5.74, 6) is 0.946. The topological polar surface area (TPSA) is 102 Å². The summed E-state index contributed by atoms with van der Waals surface area (Å²) in [6.45, 7) is 3.13. The first-order valence-electron chi connectivity index (χ1n) is 11.2. The number of nitrogens with zero attached hydrogens (tertiary/aromatic N) is 6. The fourth-order valence-corrected chi connectivity index (χ4v) is 4.49. The number of alkyl halides is 1. The Hall–Kier alpha value is -3.27. The monoisotopic (exact) mass is 453 g/mol. The first-order valence-corrected chi connectivity index (χ1v) is 11.2. The Kier molecular flexibility index (Phi) is 5.40. The van der Waals surface area contributed by atoms with Gasteiger partial charge in [-0.15, -0.1) is 10.2 Å². The molecule has 1 fully saturated rings. The van der Waals surface area contributed by atoms with Gasteiger partial charge in [-0.2, -0.15) is 4.98 Å². The molecule has 4 aromatic rings. The molecule has 1 aliphatic rings. The molecule has 2 N–H and O–H groups in total. The Bertz CT molecular complexity index is 1290. The minimum absolute atomic E-state index is 0.204. The van der Waals surface area contributed by atoms with E-state index in [9.17, 15) is 9.50 Å². The Morgan fingerprint density at radius 3 is 2.82 bits per heavy atom. The third-order valence-electron chi connectivity index (χ3n) is 6.49. The maximum atomic E-state index is 13.3. The van der Waals surface area contributed by atoms with Crippen LogP contribution in [0.25, 0.3) is 27.7 Å². The van der Waals surface area contributed by atoms with E-state index in [0.717, 1.165) is 47.8 Å². The van der Waals surface area contributed by atoms with Gasteiger partial charge in [-0.1, -0.05) is 11.3 Å². The predicted molar refractivity (Wildman–Crippen MR) is 123 cm³/mol. The first-order chi connectivity index (χ1) is 15.9. The lowest BCUT2D eigenvalue weighted by Crippen LogP contribution is -2.36. The maximum Gasteiger partial charge on any atom is 0.244 e. The number of fused-ring (bicyclic) bond motifs is 2. The molecule has 1 aromatic carbocycles. The number of aromatic nitrogens is 6. The fourth-order valence-electron chi connectivity index (χ4n) is 4.49. The summed E-state index contributed by atoms with van der Waals surface area (Å²) in [6, 6.07) is 7.56. The lowest BCUT2D eigenvalue weighted by atomic mass is 9.84. The minimum Gasteiger partial charge on any atom is -0.479 e. The van der Waals surface area contributed by atoms with E-state index in [0.29, 0.717) is 17.3 Å². The van der Waals surface area contributed by atoms with Gasteiger partial charge in [-0.25, -0.2) is 13.6 Å². The van der Waals surface area contributed by atoms with E-state index < -0.39 is 18.3 Å². The number of ether oxygens (including phenoxy) is 1. The average Bonchev–Trinajstić information content (AvgIpc) is 3.43. The number of anilines is 1.